The molecular formula is C81H90N4O. The Morgan fingerprint density at radius 2 is 0.849 bits per heavy atom. The van der Waals surface area contributed by atoms with Crippen LogP contribution in [0.2, 0.25) is 0 Å². The number of rotatable bonds is 12. The Morgan fingerprint density at radius 1 is 0.430 bits per heavy atom. The Labute approximate surface area is 514 Å². The van der Waals surface area contributed by atoms with Gasteiger partial charge in [0, 0.05) is 52.3 Å². The summed E-state index contributed by atoms with van der Waals surface area (Å²) >= 11 is 0. The van der Waals surface area contributed by atoms with Gasteiger partial charge >= 0.3 is 0 Å². The molecule has 5 heteroatoms. The first-order valence-electron chi connectivity index (χ1n) is 31.3. The average Bonchev–Trinajstić information content (AvgIpc) is 1.56. The van der Waals surface area contributed by atoms with Crippen molar-refractivity contribution in [3.63, 3.8) is 0 Å². The molecule has 0 unspecified atom stereocenters. The highest BCUT2D eigenvalue weighted by atomic mass is 16.2. The minimum Gasteiger partial charge on any atom is -0.306 e. The van der Waals surface area contributed by atoms with Crippen molar-refractivity contribution in [3.8, 4) is 78.3 Å². The van der Waals surface area contributed by atoms with Crippen LogP contribution < -0.4 is 4.90 Å². The van der Waals surface area contributed by atoms with Gasteiger partial charge in [-0.25, -0.2) is 0 Å². The van der Waals surface area contributed by atoms with Gasteiger partial charge in [0.25, 0.3) is 5.91 Å². The second-order valence-corrected chi connectivity index (χ2v) is 30.1. The van der Waals surface area contributed by atoms with Crippen LogP contribution in [0.15, 0.2) is 170 Å². The van der Waals surface area contributed by atoms with Crippen LogP contribution in [0.1, 0.15) is 167 Å². The highest BCUT2D eigenvalue weighted by molar-refractivity contribution is 6.08. The molecule has 9 aromatic rings. The van der Waals surface area contributed by atoms with E-state index in [9.17, 15) is 0 Å². The van der Waals surface area contributed by atoms with Gasteiger partial charge in [0.2, 0.25) is 0 Å². The highest BCUT2D eigenvalue weighted by Gasteiger charge is 2.58. The fourth-order valence-electron chi connectivity index (χ4n) is 14.3. The molecular weight excluding hydrogens is 1040 g/mol. The van der Waals surface area contributed by atoms with Gasteiger partial charge in [-0.05, 0) is 191 Å². The molecule has 2 aliphatic rings. The maximum Gasteiger partial charge on any atom is 0.258 e. The first-order valence-corrected chi connectivity index (χ1v) is 31.3. The number of nitrogens with zero attached hydrogens (tertiary/aromatic N) is 4. The third-order valence-electron chi connectivity index (χ3n) is 21.9. The summed E-state index contributed by atoms with van der Waals surface area (Å²) in [5.74, 6) is 0.485. The van der Waals surface area contributed by atoms with E-state index >= 15 is 4.79 Å². The van der Waals surface area contributed by atoms with E-state index in [-0.39, 0.29) is 43.8 Å². The monoisotopic (exact) mass is 1130 g/mol. The van der Waals surface area contributed by atoms with Crippen LogP contribution in [0, 0.1) is 36.0 Å². The van der Waals surface area contributed by atoms with Crippen LogP contribution in [0.3, 0.4) is 0 Å². The summed E-state index contributed by atoms with van der Waals surface area (Å²) in [7, 11) is 0. The van der Waals surface area contributed by atoms with Gasteiger partial charge < -0.3 is 4.90 Å². The van der Waals surface area contributed by atoms with E-state index < -0.39 is 0 Å². The summed E-state index contributed by atoms with van der Waals surface area (Å²) in [6, 6.07) is 54.9. The van der Waals surface area contributed by atoms with Gasteiger partial charge in [-0.2, -0.15) is 0 Å². The number of aromatic nitrogens is 3. The van der Waals surface area contributed by atoms with Crippen LogP contribution in [0.5, 0.6) is 0 Å². The average molecular weight is 1140 g/mol. The lowest BCUT2D eigenvalue weighted by Crippen LogP contribution is -2.42. The molecule has 3 aromatic heterocycles. The first kappa shape index (κ1) is 59.9. The molecule has 0 saturated heterocycles. The van der Waals surface area contributed by atoms with Crippen molar-refractivity contribution in [2.45, 2.75) is 160 Å². The van der Waals surface area contributed by atoms with E-state index in [4.69, 9.17) is 15.0 Å². The molecule has 0 aliphatic heterocycles. The molecule has 0 atom stereocenters. The number of carbonyl (C=O) groups excluding carboxylic acids is 1. The highest BCUT2D eigenvalue weighted by Crippen LogP contribution is 2.63. The van der Waals surface area contributed by atoms with Crippen molar-refractivity contribution in [1.29, 1.82) is 0 Å². The lowest BCUT2D eigenvalue weighted by Gasteiger charge is -2.44. The summed E-state index contributed by atoms with van der Waals surface area (Å²) in [6.45, 7) is 44.7. The van der Waals surface area contributed by atoms with Crippen molar-refractivity contribution in [2.75, 3.05) is 11.4 Å². The van der Waals surface area contributed by atoms with Crippen molar-refractivity contribution >= 4 is 11.6 Å². The Bertz CT molecular complexity index is 3900. The maximum atomic E-state index is 15.9. The Morgan fingerprint density at radius 3 is 1.26 bits per heavy atom. The minimum atomic E-state index is -0.236. The number of fused-ring (bicyclic) bond motifs is 2. The SMILES string of the molecule is Cc1cc(-c2ccc3c(c2)C(C)(C)C(C)(C)C3(C)C)ncc1-c1ccccc1-c1cc(C(=O)N(CC(C)(C)C)c2ccc(-c3ccc(CC(C)C)cc3)nc2)cc(-c2ccccc2-c2cnc(-c3ccc4c(c3)C(C)(C)C(C)(C)C4(C)C)cc2C)c1. The number of aryl methyl sites for hydroxylation is 2. The molecule has 11 rings (SSSR count). The predicted octanol–water partition coefficient (Wildman–Crippen LogP) is 21.2. The summed E-state index contributed by atoms with van der Waals surface area (Å²) in [4.78, 5) is 33.3. The lowest BCUT2D eigenvalue weighted by atomic mass is 9.59. The van der Waals surface area contributed by atoms with Crippen LogP contribution in [-0.4, -0.2) is 27.4 Å². The number of benzene rings is 6. The number of carbonyl (C=O) groups is 1. The first-order chi connectivity index (χ1) is 40.3. The largest absolute Gasteiger partial charge is 0.306 e. The molecule has 5 nitrogen and oxygen atoms in total. The molecule has 6 aromatic carbocycles. The summed E-state index contributed by atoms with van der Waals surface area (Å²) < 4.78 is 0. The summed E-state index contributed by atoms with van der Waals surface area (Å²) in [6.07, 6.45) is 7.00. The third kappa shape index (κ3) is 10.0. The van der Waals surface area contributed by atoms with Crippen molar-refractivity contribution in [3.05, 3.63) is 215 Å². The quantitative estimate of drug-likeness (QED) is 0.122. The molecule has 2 aliphatic carbocycles. The number of hydrogen-bond donors (Lipinski definition) is 0. The van der Waals surface area contributed by atoms with Gasteiger partial charge in [-0.3, -0.25) is 19.7 Å². The molecule has 0 spiro atoms. The van der Waals surface area contributed by atoms with Gasteiger partial charge in [0.1, 0.15) is 0 Å². The minimum absolute atomic E-state index is 0.0207. The van der Waals surface area contributed by atoms with Crippen LogP contribution in [-0.2, 0) is 28.1 Å². The number of pyridine rings is 3. The zero-order valence-corrected chi connectivity index (χ0v) is 54.9. The zero-order valence-electron chi connectivity index (χ0n) is 54.9. The second kappa shape index (κ2) is 21.3. The van der Waals surface area contributed by atoms with E-state index in [0.717, 1.165) is 102 Å². The van der Waals surface area contributed by atoms with Gasteiger partial charge in [-0.15, -0.1) is 0 Å². The topological polar surface area (TPSA) is 59.0 Å². The molecule has 86 heavy (non-hydrogen) atoms. The molecule has 0 N–H and O–H groups in total. The third-order valence-corrected chi connectivity index (χ3v) is 21.9. The van der Waals surface area contributed by atoms with Gasteiger partial charge in [0.15, 0.2) is 0 Å². The lowest BCUT2D eigenvalue weighted by molar-refractivity contribution is 0.0977. The molecule has 440 valence electrons. The fraction of sp³-hybridized carbons (Fsp3) is 0.358. The van der Waals surface area contributed by atoms with E-state index in [2.05, 4.69) is 277 Å². The Balaban J connectivity index is 1.02. The Kier molecular flexibility index (Phi) is 14.8. The second-order valence-electron chi connectivity index (χ2n) is 30.1. The predicted molar refractivity (Wildman–Crippen MR) is 363 cm³/mol. The summed E-state index contributed by atoms with van der Waals surface area (Å²) in [5, 5.41) is 0. The maximum absolute atomic E-state index is 15.9. The summed E-state index contributed by atoms with van der Waals surface area (Å²) in [5.41, 5.74) is 24.6. The zero-order chi connectivity index (χ0) is 61.8. The Hall–Kier alpha value is -7.76. The molecule has 1 amide bonds. The number of anilines is 1. The molecule has 0 bridgehead atoms. The van der Waals surface area contributed by atoms with Crippen molar-refractivity contribution in [1.82, 2.24) is 15.0 Å². The van der Waals surface area contributed by atoms with Crippen LogP contribution in [0.25, 0.3) is 78.3 Å². The van der Waals surface area contributed by atoms with E-state index in [0.29, 0.717) is 18.0 Å². The normalized spacial score (nSPS) is 16.7. The molecule has 0 radical (unpaired) electrons. The van der Waals surface area contributed by atoms with E-state index in [1.54, 1.807) is 0 Å². The molecule has 0 saturated carbocycles. The smallest absolute Gasteiger partial charge is 0.258 e. The fourth-order valence-corrected chi connectivity index (χ4v) is 14.3. The van der Waals surface area contributed by atoms with E-state index in [1.165, 1.54) is 27.8 Å². The van der Waals surface area contributed by atoms with E-state index in [1.807, 2.05) is 29.6 Å². The van der Waals surface area contributed by atoms with Crippen LogP contribution in [0.4, 0.5) is 5.69 Å². The van der Waals surface area contributed by atoms with Crippen LogP contribution >= 0.6 is 0 Å². The van der Waals surface area contributed by atoms with Crippen molar-refractivity contribution in [2.24, 2.45) is 22.2 Å². The van der Waals surface area contributed by atoms with Gasteiger partial charge in [0.05, 0.1) is 29.0 Å². The number of hydrogen-bond acceptors (Lipinski definition) is 4. The molecule has 0 fully saturated rings. The standard InChI is InChI=1S/C81H90N4O/c1-50(2)38-53-28-30-54(31-29-53)71-37-34-60(46-82-71)85(49-75(5,6)7)74(86)59-42-57(61-24-20-22-26-63(61)65-47-83-72(39-51(65)3)55-32-35-67-69(44-55)78(12,13)80(16,17)76(67,8)9)41-58(43-59)62-25-21-23-27-64(62)66-48-84-73(40-52(66)4)56-33-36-68-70(45-56)79(14,15)81(18,19)77(68,10)11/h20-37,39-48,50H,38,49H2,1-19H3. The van der Waals surface area contributed by atoms with Gasteiger partial charge in [-0.1, -0.05) is 215 Å². The molecule has 3 heterocycles. The van der Waals surface area contributed by atoms with Crippen molar-refractivity contribution < 1.29 is 4.79 Å². The number of amides is 1.